The molecule has 0 aliphatic heterocycles. The summed E-state index contributed by atoms with van der Waals surface area (Å²) in [5.41, 5.74) is 0. The van der Waals surface area contributed by atoms with Gasteiger partial charge in [0.2, 0.25) is 0 Å². The molecule has 0 saturated carbocycles. The fourth-order valence-electron chi connectivity index (χ4n) is 1.32. The van der Waals surface area contributed by atoms with Gasteiger partial charge < -0.3 is 20.5 Å². The smallest absolute Gasteiger partial charge is 0.326 e. The maximum atomic E-state index is 11.6. The van der Waals surface area contributed by atoms with E-state index in [-0.39, 0.29) is 19.1 Å². The van der Waals surface area contributed by atoms with E-state index in [2.05, 4.69) is 16.6 Å². The van der Waals surface area contributed by atoms with Gasteiger partial charge in [0.15, 0.2) is 0 Å². The molecule has 0 aliphatic rings. The molecule has 102 valence electrons. The van der Waals surface area contributed by atoms with E-state index in [9.17, 15) is 9.59 Å². The van der Waals surface area contributed by atoms with Gasteiger partial charge in [-0.25, -0.2) is 9.59 Å². The number of methoxy groups -OCH3 is 1. The topological polar surface area (TPSA) is 87.7 Å². The van der Waals surface area contributed by atoms with E-state index in [4.69, 9.17) is 16.3 Å². The fraction of sp³-hybridized carbons (Fsp3) is 0.667. The molecule has 0 heterocycles. The number of carbonyl (C=O) groups excluding carboxylic acids is 1. The molecule has 0 radical (unpaired) electrons. The summed E-state index contributed by atoms with van der Waals surface area (Å²) in [5.74, 6) is 1.37. The first-order valence-electron chi connectivity index (χ1n) is 5.77. The minimum absolute atomic E-state index is 0.146. The third kappa shape index (κ3) is 6.76. The number of aliphatic carboxylic acids is 1. The molecule has 0 spiro atoms. The van der Waals surface area contributed by atoms with Crippen LogP contribution in [0.25, 0.3) is 0 Å². The Labute approximate surface area is 107 Å². The number of hydrogen-bond donors (Lipinski definition) is 3. The molecule has 0 bridgehead atoms. The van der Waals surface area contributed by atoms with E-state index in [0.29, 0.717) is 12.8 Å². The van der Waals surface area contributed by atoms with Gasteiger partial charge in [0.1, 0.15) is 6.04 Å². The molecule has 2 amide bonds. The van der Waals surface area contributed by atoms with Crippen LogP contribution >= 0.6 is 0 Å². The van der Waals surface area contributed by atoms with Crippen molar-refractivity contribution in [1.82, 2.24) is 10.6 Å². The lowest BCUT2D eigenvalue weighted by Crippen LogP contribution is -2.49. The summed E-state index contributed by atoms with van der Waals surface area (Å²) >= 11 is 0. The first kappa shape index (κ1) is 16.3. The van der Waals surface area contributed by atoms with Crippen molar-refractivity contribution in [3.8, 4) is 12.3 Å². The van der Waals surface area contributed by atoms with Gasteiger partial charge in [-0.05, 0) is 6.42 Å². The fourth-order valence-corrected chi connectivity index (χ4v) is 1.32. The van der Waals surface area contributed by atoms with Crippen molar-refractivity contribution in [2.75, 3.05) is 13.7 Å². The van der Waals surface area contributed by atoms with Gasteiger partial charge >= 0.3 is 12.0 Å². The van der Waals surface area contributed by atoms with Gasteiger partial charge in [-0.3, -0.25) is 0 Å². The van der Waals surface area contributed by atoms with Crippen molar-refractivity contribution in [2.45, 2.75) is 38.3 Å². The SMILES string of the molecule is C#CCC(CC)NC(=O)NC(CCOC)C(=O)O. The Balaban J connectivity index is 4.24. The van der Waals surface area contributed by atoms with Crippen LogP contribution in [0.5, 0.6) is 0 Å². The zero-order chi connectivity index (χ0) is 14.0. The summed E-state index contributed by atoms with van der Waals surface area (Å²) in [7, 11) is 1.47. The van der Waals surface area contributed by atoms with Crippen molar-refractivity contribution < 1.29 is 19.4 Å². The molecule has 0 aromatic heterocycles. The van der Waals surface area contributed by atoms with Gasteiger partial charge in [-0.15, -0.1) is 12.3 Å². The molecule has 0 fully saturated rings. The molecule has 3 N–H and O–H groups in total. The largest absolute Gasteiger partial charge is 0.480 e. The van der Waals surface area contributed by atoms with Crippen LogP contribution in [0.1, 0.15) is 26.2 Å². The summed E-state index contributed by atoms with van der Waals surface area (Å²) in [4.78, 5) is 22.5. The summed E-state index contributed by atoms with van der Waals surface area (Å²) in [6.45, 7) is 2.15. The van der Waals surface area contributed by atoms with Crippen LogP contribution in [0.3, 0.4) is 0 Å². The summed E-state index contributed by atoms with van der Waals surface area (Å²) < 4.78 is 4.78. The number of nitrogens with one attached hydrogen (secondary N) is 2. The third-order valence-electron chi connectivity index (χ3n) is 2.41. The molecule has 6 nitrogen and oxygen atoms in total. The predicted molar refractivity (Wildman–Crippen MR) is 67.1 cm³/mol. The molecule has 2 atom stereocenters. The van der Waals surface area contributed by atoms with Crippen molar-refractivity contribution in [3.63, 3.8) is 0 Å². The molecule has 0 aromatic rings. The Hall–Kier alpha value is -1.74. The first-order valence-corrected chi connectivity index (χ1v) is 5.77. The normalized spacial score (nSPS) is 13.2. The van der Waals surface area contributed by atoms with Crippen LogP contribution in [-0.2, 0) is 9.53 Å². The minimum Gasteiger partial charge on any atom is -0.480 e. The lowest BCUT2D eigenvalue weighted by molar-refractivity contribution is -0.139. The van der Waals surface area contributed by atoms with Crippen LogP contribution in [0.15, 0.2) is 0 Å². The average Bonchev–Trinajstić information content (AvgIpc) is 2.33. The second-order valence-corrected chi connectivity index (χ2v) is 3.80. The Morgan fingerprint density at radius 1 is 1.44 bits per heavy atom. The van der Waals surface area contributed by atoms with Gasteiger partial charge in [0, 0.05) is 32.6 Å². The second-order valence-electron chi connectivity index (χ2n) is 3.80. The second kappa shape index (κ2) is 9.31. The van der Waals surface area contributed by atoms with Crippen LogP contribution in [0.4, 0.5) is 4.79 Å². The van der Waals surface area contributed by atoms with E-state index in [0.717, 1.165) is 0 Å². The zero-order valence-corrected chi connectivity index (χ0v) is 10.7. The molecule has 0 aliphatic carbocycles. The van der Waals surface area contributed by atoms with Crippen LogP contribution < -0.4 is 10.6 Å². The van der Waals surface area contributed by atoms with Gasteiger partial charge in [0.05, 0.1) is 0 Å². The van der Waals surface area contributed by atoms with Crippen molar-refractivity contribution in [3.05, 3.63) is 0 Å². The Morgan fingerprint density at radius 2 is 2.11 bits per heavy atom. The van der Waals surface area contributed by atoms with Crippen molar-refractivity contribution >= 4 is 12.0 Å². The molecular weight excluding hydrogens is 236 g/mol. The summed E-state index contributed by atoms with van der Waals surface area (Å²) in [6.07, 6.45) is 6.48. The standard InChI is InChI=1S/C12H20N2O4/c1-4-6-9(5-2)13-12(17)14-10(11(15)16)7-8-18-3/h1,9-10H,5-8H2,2-3H3,(H,15,16)(H2,13,14,17). The molecule has 18 heavy (non-hydrogen) atoms. The number of terminal acetylenes is 1. The van der Waals surface area contributed by atoms with Crippen molar-refractivity contribution in [2.24, 2.45) is 0 Å². The van der Waals surface area contributed by atoms with Crippen molar-refractivity contribution in [1.29, 1.82) is 0 Å². The van der Waals surface area contributed by atoms with Crippen LogP contribution in [-0.4, -0.2) is 42.9 Å². The lowest BCUT2D eigenvalue weighted by Gasteiger charge is -2.18. The quantitative estimate of drug-likeness (QED) is 0.554. The number of urea groups is 1. The Morgan fingerprint density at radius 3 is 2.56 bits per heavy atom. The maximum Gasteiger partial charge on any atom is 0.326 e. The highest BCUT2D eigenvalue weighted by molar-refractivity contribution is 5.82. The number of rotatable bonds is 8. The number of amides is 2. The number of ether oxygens (including phenoxy) is 1. The molecule has 0 aromatic carbocycles. The average molecular weight is 256 g/mol. The van der Waals surface area contributed by atoms with Gasteiger partial charge in [-0.2, -0.15) is 0 Å². The highest BCUT2D eigenvalue weighted by Gasteiger charge is 2.20. The maximum absolute atomic E-state index is 11.6. The highest BCUT2D eigenvalue weighted by Crippen LogP contribution is 1.97. The van der Waals surface area contributed by atoms with Crippen LogP contribution in [0, 0.1) is 12.3 Å². The van der Waals surface area contributed by atoms with E-state index >= 15 is 0 Å². The molecular formula is C12H20N2O4. The number of carboxylic acids is 1. The van der Waals surface area contributed by atoms with Gasteiger partial charge in [0.25, 0.3) is 0 Å². The number of hydrogen-bond acceptors (Lipinski definition) is 3. The minimum atomic E-state index is -1.09. The zero-order valence-electron chi connectivity index (χ0n) is 10.7. The molecule has 0 rings (SSSR count). The number of carbonyl (C=O) groups is 2. The Kier molecular flexibility index (Phi) is 8.41. The lowest BCUT2D eigenvalue weighted by atomic mass is 10.1. The Bertz CT molecular complexity index is 312. The van der Waals surface area contributed by atoms with E-state index in [1.807, 2.05) is 6.92 Å². The highest BCUT2D eigenvalue weighted by atomic mass is 16.5. The van der Waals surface area contributed by atoms with E-state index < -0.39 is 18.0 Å². The predicted octanol–water partition coefficient (Wildman–Crippen LogP) is 0.577. The monoisotopic (exact) mass is 256 g/mol. The van der Waals surface area contributed by atoms with Crippen LogP contribution in [0.2, 0.25) is 0 Å². The molecule has 0 saturated heterocycles. The summed E-state index contributed by atoms with van der Waals surface area (Å²) in [6, 6.07) is -1.64. The van der Waals surface area contributed by atoms with E-state index in [1.165, 1.54) is 7.11 Å². The van der Waals surface area contributed by atoms with Gasteiger partial charge in [-0.1, -0.05) is 6.92 Å². The number of carboxylic acid groups (broad SMARTS) is 1. The molecule has 6 heteroatoms. The third-order valence-corrected chi connectivity index (χ3v) is 2.41. The first-order chi connectivity index (χ1) is 8.54. The molecule has 2 unspecified atom stereocenters. The summed E-state index contributed by atoms with van der Waals surface area (Å²) in [5, 5.41) is 13.9. The van der Waals surface area contributed by atoms with E-state index in [1.54, 1.807) is 0 Å².